The summed E-state index contributed by atoms with van der Waals surface area (Å²) in [7, 11) is 0. The third-order valence-electron chi connectivity index (χ3n) is 1.63. The van der Waals surface area contributed by atoms with E-state index in [1.54, 1.807) is 12.1 Å². The zero-order valence-electron chi connectivity index (χ0n) is 6.64. The summed E-state index contributed by atoms with van der Waals surface area (Å²) in [6.07, 6.45) is 1.38. The van der Waals surface area contributed by atoms with Gasteiger partial charge in [0.1, 0.15) is 12.1 Å². The minimum Gasteiger partial charge on any atom is -0.508 e. The molecule has 5 nitrogen and oxygen atoms in total. The maximum absolute atomic E-state index is 10.7. The maximum atomic E-state index is 10.7. The number of benzene rings is 1. The Morgan fingerprint density at radius 3 is 2.54 bits per heavy atom. The molecule has 1 aromatic carbocycles. The molecule has 0 radical (unpaired) electrons. The maximum Gasteiger partial charge on any atom is 0.361 e. The minimum absolute atomic E-state index is 0.186. The predicted molar refractivity (Wildman–Crippen MR) is 45.8 cm³/mol. The molecule has 2 aromatic rings. The number of aromatic nitrogens is 3. The summed E-state index contributed by atoms with van der Waals surface area (Å²) in [5.74, 6) is 0.186. The Morgan fingerprint density at radius 2 is 2.00 bits per heavy atom. The first-order valence-corrected chi connectivity index (χ1v) is 3.69. The van der Waals surface area contributed by atoms with Crippen molar-refractivity contribution in [1.82, 2.24) is 14.8 Å². The molecule has 0 spiro atoms. The molecule has 66 valence electrons. The predicted octanol–water partition coefficient (Wildman–Crippen LogP) is 0.266. The van der Waals surface area contributed by atoms with Crippen molar-refractivity contribution >= 4 is 0 Å². The van der Waals surface area contributed by atoms with Crippen molar-refractivity contribution in [2.45, 2.75) is 0 Å². The Kier molecular flexibility index (Phi) is 1.63. The van der Waals surface area contributed by atoms with Crippen LogP contribution in [-0.2, 0) is 0 Å². The molecule has 0 saturated carbocycles. The number of phenols is 1. The van der Waals surface area contributed by atoms with Crippen LogP contribution in [0.15, 0.2) is 35.4 Å². The van der Waals surface area contributed by atoms with Gasteiger partial charge in [0.2, 0.25) is 0 Å². The average Bonchev–Trinajstić information content (AvgIpc) is 2.53. The summed E-state index contributed by atoms with van der Waals surface area (Å²) in [5, 5.41) is 11.5. The van der Waals surface area contributed by atoms with Crippen molar-refractivity contribution in [3.63, 3.8) is 0 Å². The summed E-state index contributed by atoms with van der Waals surface area (Å²) in [6.45, 7) is 0. The number of aromatic amines is 1. The Hall–Kier alpha value is -2.04. The molecule has 1 aromatic heterocycles. The standard InChI is InChI=1S/C8H7N3O2/c12-7-3-1-6(2-4-7)11-5-9-8(13)10-11/h1-5,12H,(H,10,13). The Balaban J connectivity index is 2.47. The van der Waals surface area contributed by atoms with Gasteiger partial charge in [-0.15, -0.1) is 0 Å². The topological polar surface area (TPSA) is 70.9 Å². The molecular weight excluding hydrogens is 170 g/mol. The Morgan fingerprint density at radius 1 is 1.31 bits per heavy atom. The van der Waals surface area contributed by atoms with Crippen molar-refractivity contribution < 1.29 is 5.11 Å². The second kappa shape index (κ2) is 2.78. The number of hydrogen-bond acceptors (Lipinski definition) is 3. The van der Waals surface area contributed by atoms with E-state index in [9.17, 15) is 4.79 Å². The number of phenolic OH excluding ortho intramolecular Hbond substituents is 1. The van der Waals surface area contributed by atoms with Gasteiger partial charge in [0.05, 0.1) is 5.69 Å². The third kappa shape index (κ3) is 1.44. The van der Waals surface area contributed by atoms with Crippen molar-refractivity contribution in [2.24, 2.45) is 0 Å². The van der Waals surface area contributed by atoms with Crippen LogP contribution in [-0.4, -0.2) is 19.9 Å². The zero-order valence-corrected chi connectivity index (χ0v) is 6.64. The van der Waals surface area contributed by atoms with Crippen molar-refractivity contribution in [3.05, 3.63) is 41.1 Å². The van der Waals surface area contributed by atoms with E-state index in [1.807, 2.05) is 0 Å². The highest BCUT2D eigenvalue weighted by molar-refractivity contribution is 5.35. The fourth-order valence-corrected chi connectivity index (χ4v) is 1.02. The van der Waals surface area contributed by atoms with E-state index < -0.39 is 5.69 Å². The third-order valence-corrected chi connectivity index (χ3v) is 1.63. The number of aromatic hydroxyl groups is 1. The van der Waals surface area contributed by atoms with Gasteiger partial charge in [-0.1, -0.05) is 0 Å². The summed E-state index contributed by atoms with van der Waals surface area (Å²) >= 11 is 0. The lowest BCUT2D eigenvalue weighted by Crippen LogP contribution is -2.04. The first-order chi connectivity index (χ1) is 6.25. The van der Waals surface area contributed by atoms with Crippen LogP contribution >= 0.6 is 0 Å². The molecule has 0 saturated heterocycles. The van der Waals surface area contributed by atoms with Gasteiger partial charge in [0.15, 0.2) is 0 Å². The number of rotatable bonds is 1. The average molecular weight is 177 g/mol. The van der Waals surface area contributed by atoms with Crippen LogP contribution in [0.5, 0.6) is 5.75 Å². The van der Waals surface area contributed by atoms with Gasteiger partial charge in [-0.05, 0) is 24.3 Å². The Bertz CT molecular complexity index is 455. The van der Waals surface area contributed by atoms with E-state index in [0.717, 1.165) is 5.69 Å². The quantitative estimate of drug-likeness (QED) is 0.656. The van der Waals surface area contributed by atoms with Gasteiger partial charge in [0, 0.05) is 0 Å². The lowest BCUT2D eigenvalue weighted by atomic mass is 10.3. The van der Waals surface area contributed by atoms with Crippen LogP contribution < -0.4 is 5.69 Å². The van der Waals surface area contributed by atoms with Crippen LogP contribution in [0, 0.1) is 0 Å². The van der Waals surface area contributed by atoms with Crippen LogP contribution in [0.3, 0.4) is 0 Å². The van der Waals surface area contributed by atoms with Gasteiger partial charge in [0.25, 0.3) is 0 Å². The molecule has 0 bridgehead atoms. The highest BCUT2D eigenvalue weighted by Gasteiger charge is 1.96. The molecule has 2 N–H and O–H groups in total. The van der Waals surface area contributed by atoms with E-state index in [2.05, 4.69) is 10.1 Å². The molecule has 2 rings (SSSR count). The second-order valence-electron chi connectivity index (χ2n) is 2.55. The monoisotopic (exact) mass is 177 g/mol. The fourth-order valence-electron chi connectivity index (χ4n) is 1.02. The number of nitrogens with one attached hydrogen (secondary N) is 1. The van der Waals surface area contributed by atoms with Gasteiger partial charge in [-0.2, -0.15) is 4.98 Å². The molecule has 0 atom stereocenters. The fraction of sp³-hybridized carbons (Fsp3) is 0. The first-order valence-electron chi connectivity index (χ1n) is 3.69. The molecule has 0 unspecified atom stereocenters. The van der Waals surface area contributed by atoms with Crippen LogP contribution in [0.1, 0.15) is 0 Å². The van der Waals surface area contributed by atoms with Crippen LogP contribution in [0.25, 0.3) is 5.69 Å². The van der Waals surface area contributed by atoms with Crippen LogP contribution in [0.4, 0.5) is 0 Å². The first kappa shape index (κ1) is 7.60. The summed E-state index contributed by atoms with van der Waals surface area (Å²) in [4.78, 5) is 14.2. The van der Waals surface area contributed by atoms with Gasteiger partial charge >= 0.3 is 5.69 Å². The van der Waals surface area contributed by atoms with Crippen molar-refractivity contribution in [3.8, 4) is 11.4 Å². The molecule has 0 fully saturated rings. The molecule has 0 aliphatic heterocycles. The van der Waals surface area contributed by atoms with Crippen molar-refractivity contribution in [1.29, 1.82) is 0 Å². The van der Waals surface area contributed by atoms with E-state index in [-0.39, 0.29) is 5.75 Å². The van der Waals surface area contributed by atoms with E-state index in [4.69, 9.17) is 5.11 Å². The van der Waals surface area contributed by atoms with E-state index in [0.29, 0.717) is 0 Å². The molecule has 1 heterocycles. The SMILES string of the molecule is O=c1ncn(-c2ccc(O)cc2)[nH]1. The van der Waals surface area contributed by atoms with Crippen LogP contribution in [0.2, 0.25) is 0 Å². The molecule has 0 amide bonds. The molecule has 5 heteroatoms. The summed E-state index contributed by atoms with van der Waals surface area (Å²) < 4.78 is 1.47. The number of hydrogen-bond donors (Lipinski definition) is 2. The van der Waals surface area contributed by atoms with Crippen molar-refractivity contribution in [2.75, 3.05) is 0 Å². The normalized spacial score (nSPS) is 10.2. The zero-order chi connectivity index (χ0) is 9.26. The minimum atomic E-state index is -0.395. The highest BCUT2D eigenvalue weighted by Crippen LogP contribution is 2.11. The summed E-state index contributed by atoms with van der Waals surface area (Å²) in [5.41, 5.74) is 0.348. The lowest BCUT2D eigenvalue weighted by Gasteiger charge is -1.99. The Labute approximate surface area is 73.3 Å². The van der Waals surface area contributed by atoms with Gasteiger partial charge in [-0.25, -0.2) is 14.6 Å². The largest absolute Gasteiger partial charge is 0.508 e. The smallest absolute Gasteiger partial charge is 0.361 e. The highest BCUT2D eigenvalue weighted by atomic mass is 16.3. The molecule has 13 heavy (non-hydrogen) atoms. The van der Waals surface area contributed by atoms with E-state index >= 15 is 0 Å². The number of nitrogens with zero attached hydrogens (tertiary/aromatic N) is 2. The number of H-pyrrole nitrogens is 1. The van der Waals surface area contributed by atoms with Gasteiger partial charge in [-0.3, -0.25) is 0 Å². The molecule has 0 aliphatic rings. The molecule has 0 aliphatic carbocycles. The summed E-state index contributed by atoms with van der Waals surface area (Å²) in [6, 6.07) is 6.42. The second-order valence-corrected chi connectivity index (χ2v) is 2.55. The van der Waals surface area contributed by atoms with Gasteiger partial charge < -0.3 is 5.11 Å². The molecular formula is C8H7N3O2. The lowest BCUT2D eigenvalue weighted by molar-refractivity contribution is 0.475. The van der Waals surface area contributed by atoms with E-state index in [1.165, 1.54) is 23.1 Å².